The Kier molecular flexibility index (Phi) is 17.0. The third-order valence-corrected chi connectivity index (χ3v) is 10.8. The maximum Gasteiger partial charge on any atom is 0.322 e. The first-order valence-corrected chi connectivity index (χ1v) is 20.6. The minimum Gasteiger partial charge on any atom is -0.480 e. The molecule has 0 bridgehead atoms. The Morgan fingerprint density at radius 2 is 1.40 bits per heavy atom. The van der Waals surface area contributed by atoms with E-state index in [1.165, 1.54) is 9.80 Å². The molecule has 0 radical (unpaired) electrons. The summed E-state index contributed by atoms with van der Waals surface area (Å²) in [5.74, 6) is -4.14. The van der Waals surface area contributed by atoms with Crippen LogP contribution in [0.25, 0.3) is 10.9 Å². The maximum absolute atomic E-state index is 14.4. The van der Waals surface area contributed by atoms with E-state index < -0.39 is 78.3 Å². The van der Waals surface area contributed by atoms with E-state index in [0.717, 1.165) is 16.5 Å². The third kappa shape index (κ3) is 12.5. The number of nitrogens with two attached hydrogens (primary N) is 2. The number of likely N-dealkylation sites (tertiary alicyclic amines) is 2. The number of hydrogen-bond acceptors (Lipinski definition) is 9. The monoisotopic (exact) mass is 809 g/mol. The van der Waals surface area contributed by atoms with Gasteiger partial charge in [0, 0.05) is 36.6 Å². The van der Waals surface area contributed by atoms with Crippen LogP contribution in [0.1, 0.15) is 91.0 Å². The summed E-state index contributed by atoms with van der Waals surface area (Å²) in [6.45, 7) is 8.04. The second-order valence-electron chi connectivity index (χ2n) is 16.4. The molecule has 0 saturated carbocycles. The number of hydrogen-bond donors (Lipinski definition) is 8. The summed E-state index contributed by atoms with van der Waals surface area (Å²) in [6, 6.07) is 1.82. The lowest BCUT2D eigenvalue weighted by Gasteiger charge is -2.31. The van der Waals surface area contributed by atoms with Gasteiger partial charge < -0.3 is 52.6 Å². The molecule has 6 atom stereocenters. The van der Waals surface area contributed by atoms with Crippen LogP contribution < -0.4 is 32.7 Å². The standard InChI is InChI=1S/C41H63N9O8/c1-24(2)19-28(43)40(57)49-17-9-14-33(49)38(55)48-32(21-26-22-44-29-12-6-5-11-27(26)29)37(54)46-30(13-7-8-16-42)41(58)50-18-10-15-34(50)39(56)47-31(20-25(3)4)36(53)45-23-35(51)52/h5-6,11-12,22,24-25,28,30-34,44H,7-10,13-21,23,42-43H2,1-4H3,(H,45,53)(H,46,54)(H,47,56)(H,48,55)(H,51,52)/t28-,30-,31-,32-,33-,34-/m0/s1. The number of carbonyl (C=O) groups excluding carboxylic acids is 6. The quantitative estimate of drug-likeness (QED) is 0.0827. The number of para-hydroxylation sites is 1. The van der Waals surface area contributed by atoms with E-state index in [-0.39, 0.29) is 43.6 Å². The van der Waals surface area contributed by atoms with Gasteiger partial charge in [0.25, 0.3) is 0 Å². The second-order valence-corrected chi connectivity index (χ2v) is 16.4. The van der Waals surface area contributed by atoms with Crippen molar-refractivity contribution in [3.05, 3.63) is 36.0 Å². The lowest BCUT2D eigenvalue weighted by molar-refractivity contribution is -0.143. The number of carboxylic acids is 1. The van der Waals surface area contributed by atoms with Gasteiger partial charge in [0.05, 0.1) is 6.04 Å². The van der Waals surface area contributed by atoms with Crippen LogP contribution in [0.2, 0.25) is 0 Å². The van der Waals surface area contributed by atoms with Crippen molar-refractivity contribution in [1.82, 2.24) is 36.1 Å². The molecule has 320 valence electrons. The summed E-state index contributed by atoms with van der Waals surface area (Å²) in [6.07, 6.45) is 5.69. The molecule has 10 N–H and O–H groups in total. The highest BCUT2D eigenvalue weighted by atomic mass is 16.4. The Balaban J connectivity index is 1.57. The van der Waals surface area contributed by atoms with Gasteiger partial charge in [-0.15, -0.1) is 0 Å². The number of rotatable bonds is 21. The van der Waals surface area contributed by atoms with Crippen LogP contribution in [0.4, 0.5) is 0 Å². The Morgan fingerprint density at radius 3 is 2.00 bits per heavy atom. The molecule has 2 fully saturated rings. The van der Waals surface area contributed by atoms with Gasteiger partial charge in [-0.1, -0.05) is 45.9 Å². The number of carbonyl (C=O) groups is 7. The van der Waals surface area contributed by atoms with Crippen molar-refractivity contribution in [2.45, 2.75) is 128 Å². The molecular formula is C41H63N9O8. The number of aliphatic carboxylic acids is 1. The summed E-state index contributed by atoms with van der Waals surface area (Å²) in [4.78, 5) is 100.0. The highest BCUT2D eigenvalue weighted by molar-refractivity contribution is 5.97. The molecule has 1 aromatic carbocycles. The number of amides is 6. The number of nitrogens with zero attached hydrogens (tertiary/aromatic N) is 2. The summed E-state index contributed by atoms with van der Waals surface area (Å²) >= 11 is 0. The smallest absolute Gasteiger partial charge is 0.322 e. The summed E-state index contributed by atoms with van der Waals surface area (Å²) in [5, 5.41) is 20.8. The van der Waals surface area contributed by atoms with Gasteiger partial charge in [-0.05, 0) is 87.8 Å². The van der Waals surface area contributed by atoms with E-state index >= 15 is 0 Å². The molecule has 0 aliphatic carbocycles. The van der Waals surface area contributed by atoms with Crippen LogP contribution in [-0.2, 0) is 40.0 Å². The number of fused-ring (bicyclic) bond motifs is 1. The van der Waals surface area contributed by atoms with Crippen LogP contribution in [-0.4, -0.2) is 124 Å². The van der Waals surface area contributed by atoms with Crippen molar-refractivity contribution in [3.8, 4) is 0 Å². The number of unbranched alkanes of at least 4 members (excludes halogenated alkanes) is 1. The van der Waals surface area contributed by atoms with Crippen molar-refractivity contribution in [1.29, 1.82) is 0 Å². The Bertz CT molecular complexity index is 1760. The average Bonchev–Trinajstić information content (AvgIpc) is 3.96. The van der Waals surface area contributed by atoms with E-state index in [4.69, 9.17) is 16.6 Å². The fourth-order valence-corrected chi connectivity index (χ4v) is 7.90. The third-order valence-electron chi connectivity index (χ3n) is 10.8. The first-order chi connectivity index (χ1) is 27.6. The van der Waals surface area contributed by atoms with Crippen LogP contribution in [0.15, 0.2) is 30.5 Å². The molecule has 2 saturated heterocycles. The van der Waals surface area contributed by atoms with Gasteiger partial charge in [-0.2, -0.15) is 0 Å². The van der Waals surface area contributed by atoms with Gasteiger partial charge in [-0.25, -0.2) is 0 Å². The highest BCUT2D eigenvalue weighted by Crippen LogP contribution is 2.24. The Morgan fingerprint density at radius 1 is 0.793 bits per heavy atom. The van der Waals surface area contributed by atoms with Gasteiger partial charge in [0.2, 0.25) is 35.4 Å². The van der Waals surface area contributed by atoms with Gasteiger partial charge in [0.15, 0.2) is 0 Å². The normalized spacial score (nSPS) is 18.8. The van der Waals surface area contributed by atoms with Crippen molar-refractivity contribution in [2.75, 3.05) is 26.2 Å². The number of benzene rings is 1. The van der Waals surface area contributed by atoms with Crippen LogP contribution in [0, 0.1) is 11.8 Å². The molecular weight excluding hydrogens is 747 g/mol. The number of aromatic nitrogens is 1. The summed E-state index contributed by atoms with van der Waals surface area (Å²) in [7, 11) is 0. The van der Waals surface area contributed by atoms with Crippen molar-refractivity contribution in [3.63, 3.8) is 0 Å². The SMILES string of the molecule is CC(C)C[C@H](NC(=O)[C@@H]1CCCN1C(=O)[C@H](CCCCN)NC(=O)[C@H](Cc1c[nH]c2ccccc12)NC(=O)[C@@H]1CCCN1C(=O)[C@@H](N)CC(C)C)C(=O)NCC(=O)O. The zero-order valence-electron chi connectivity index (χ0n) is 34.3. The lowest BCUT2D eigenvalue weighted by atomic mass is 10.0. The summed E-state index contributed by atoms with van der Waals surface area (Å²) in [5.41, 5.74) is 13.6. The molecule has 2 aliphatic rings. The zero-order valence-corrected chi connectivity index (χ0v) is 34.3. The maximum atomic E-state index is 14.4. The molecule has 2 aromatic rings. The highest BCUT2D eigenvalue weighted by Gasteiger charge is 2.41. The number of aromatic amines is 1. The number of nitrogens with one attached hydrogen (secondary N) is 5. The van der Waals surface area contributed by atoms with E-state index in [0.29, 0.717) is 58.0 Å². The van der Waals surface area contributed by atoms with Crippen LogP contribution in [0.3, 0.4) is 0 Å². The molecule has 4 rings (SSSR count). The van der Waals surface area contributed by atoms with Crippen LogP contribution >= 0.6 is 0 Å². The fraction of sp³-hybridized carbons (Fsp3) is 0.634. The fourth-order valence-electron chi connectivity index (χ4n) is 7.90. The largest absolute Gasteiger partial charge is 0.480 e. The van der Waals surface area contributed by atoms with Crippen molar-refractivity contribution < 1.29 is 38.7 Å². The number of carboxylic acid groups (broad SMARTS) is 1. The summed E-state index contributed by atoms with van der Waals surface area (Å²) < 4.78 is 0. The van der Waals surface area contributed by atoms with Gasteiger partial charge >= 0.3 is 5.97 Å². The van der Waals surface area contributed by atoms with Gasteiger partial charge in [0.1, 0.15) is 36.8 Å². The number of H-pyrrole nitrogens is 1. The molecule has 17 heteroatoms. The van der Waals surface area contributed by atoms with E-state index in [1.807, 2.05) is 52.0 Å². The van der Waals surface area contributed by atoms with Crippen LogP contribution in [0.5, 0.6) is 0 Å². The van der Waals surface area contributed by atoms with Crippen molar-refractivity contribution >= 4 is 52.3 Å². The predicted octanol–water partition coefficient (Wildman–Crippen LogP) is 0.896. The second kappa shape index (κ2) is 21.6. The predicted molar refractivity (Wildman–Crippen MR) is 218 cm³/mol. The molecule has 1 aromatic heterocycles. The van der Waals surface area contributed by atoms with Gasteiger partial charge in [-0.3, -0.25) is 33.6 Å². The molecule has 17 nitrogen and oxygen atoms in total. The van der Waals surface area contributed by atoms with E-state index in [9.17, 15) is 33.6 Å². The molecule has 0 unspecified atom stereocenters. The first-order valence-electron chi connectivity index (χ1n) is 20.6. The van der Waals surface area contributed by atoms with E-state index in [2.05, 4.69) is 26.3 Å². The topological polar surface area (TPSA) is 262 Å². The molecule has 3 heterocycles. The molecule has 0 spiro atoms. The lowest BCUT2D eigenvalue weighted by Crippen LogP contribution is -2.59. The molecule has 2 aliphatic heterocycles. The molecule has 58 heavy (non-hydrogen) atoms. The minimum absolute atomic E-state index is 0.0123. The zero-order chi connectivity index (χ0) is 42.5. The molecule has 6 amide bonds. The average molecular weight is 810 g/mol. The van der Waals surface area contributed by atoms with E-state index in [1.54, 1.807) is 6.20 Å². The Hall–Kier alpha value is -5.03. The Labute approximate surface area is 340 Å². The minimum atomic E-state index is -1.22. The first kappa shape index (κ1) is 45.7. The van der Waals surface area contributed by atoms with Crippen molar-refractivity contribution in [2.24, 2.45) is 23.3 Å².